The van der Waals surface area contributed by atoms with Crippen molar-refractivity contribution in [2.75, 3.05) is 38.1 Å². The van der Waals surface area contributed by atoms with Gasteiger partial charge in [0.1, 0.15) is 5.56 Å². The number of rotatable bonds is 5. The van der Waals surface area contributed by atoms with Crippen LogP contribution in [0.1, 0.15) is 35.7 Å². The number of H-pyrrole nitrogens is 1. The minimum atomic E-state index is -4.82. The minimum Gasteiger partial charge on any atom is -0.337 e. The Morgan fingerprint density at radius 2 is 1.80 bits per heavy atom. The fraction of sp³-hybridized carbons (Fsp3) is 0.550. The molecule has 2 saturated heterocycles. The molecule has 1 unspecified atom stereocenters. The van der Waals surface area contributed by atoms with Crippen LogP contribution in [0.4, 0.5) is 32.3 Å². The first kappa shape index (κ1) is 24.9. The van der Waals surface area contributed by atoms with E-state index in [1.165, 1.54) is 0 Å². The van der Waals surface area contributed by atoms with Gasteiger partial charge < -0.3 is 9.80 Å². The molecule has 190 valence electrons. The lowest BCUT2D eigenvalue weighted by molar-refractivity contribution is -0.139. The Hall–Kier alpha value is -3.23. The molecular formula is C20H21F6N7O2. The number of carbonyl (C=O) groups excluding carboxylic acids is 1. The molecule has 1 amide bonds. The Kier molecular flexibility index (Phi) is 6.46. The predicted molar refractivity (Wildman–Crippen MR) is 109 cm³/mol. The highest BCUT2D eigenvalue weighted by Crippen LogP contribution is 2.34. The molecule has 1 N–H and O–H groups in total. The lowest BCUT2D eigenvalue weighted by atomic mass is 10.1. The number of anilines is 1. The van der Waals surface area contributed by atoms with Crippen molar-refractivity contribution in [1.82, 2.24) is 30.0 Å². The van der Waals surface area contributed by atoms with Gasteiger partial charge in [0.05, 0.1) is 29.9 Å². The predicted octanol–water partition coefficient (Wildman–Crippen LogP) is 2.08. The summed E-state index contributed by atoms with van der Waals surface area (Å²) in [6.45, 7) is 1.04. The summed E-state index contributed by atoms with van der Waals surface area (Å²) < 4.78 is 77.3. The second-order valence-corrected chi connectivity index (χ2v) is 8.49. The molecule has 2 aliphatic rings. The van der Waals surface area contributed by atoms with Gasteiger partial charge in [0.2, 0.25) is 11.9 Å². The second-order valence-electron chi connectivity index (χ2n) is 8.49. The Morgan fingerprint density at radius 3 is 2.40 bits per heavy atom. The van der Waals surface area contributed by atoms with Gasteiger partial charge in [-0.3, -0.25) is 14.5 Å². The van der Waals surface area contributed by atoms with Crippen LogP contribution < -0.4 is 10.5 Å². The van der Waals surface area contributed by atoms with Crippen molar-refractivity contribution in [3.05, 3.63) is 45.6 Å². The van der Waals surface area contributed by atoms with Crippen LogP contribution in [0, 0.1) is 0 Å². The van der Waals surface area contributed by atoms with Crippen LogP contribution in [-0.2, 0) is 17.1 Å². The van der Waals surface area contributed by atoms with E-state index >= 15 is 0 Å². The average molecular weight is 505 g/mol. The Labute approximate surface area is 194 Å². The minimum absolute atomic E-state index is 0.0416. The Bertz CT molecular complexity index is 1130. The van der Waals surface area contributed by atoms with Gasteiger partial charge in [-0.1, -0.05) is 0 Å². The van der Waals surface area contributed by atoms with E-state index in [0.29, 0.717) is 44.9 Å². The number of likely N-dealkylation sites (N-methyl/N-ethyl adjacent to an activating group) is 1. The number of likely N-dealkylation sites (tertiary alicyclic amines) is 2. The third-order valence-corrected chi connectivity index (χ3v) is 6.22. The highest BCUT2D eigenvalue weighted by molar-refractivity contribution is 5.79. The van der Waals surface area contributed by atoms with Gasteiger partial charge in [-0.15, -0.1) is 0 Å². The van der Waals surface area contributed by atoms with Crippen molar-refractivity contribution in [2.45, 2.75) is 37.3 Å². The van der Waals surface area contributed by atoms with Gasteiger partial charge in [0.25, 0.3) is 5.56 Å². The number of hydrogen-bond acceptors (Lipinski definition) is 7. The average Bonchev–Trinajstić information content (AvgIpc) is 3.19. The summed E-state index contributed by atoms with van der Waals surface area (Å²) in [4.78, 5) is 36.6. The largest absolute Gasteiger partial charge is 0.421 e. The van der Waals surface area contributed by atoms with Crippen molar-refractivity contribution in [2.24, 2.45) is 0 Å². The molecule has 2 aromatic rings. The van der Waals surface area contributed by atoms with Gasteiger partial charge in [-0.25, -0.2) is 15.1 Å². The third kappa shape index (κ3) is 5.23. The summed E-state index contributed by atoms with van der Waals surface area (Å²) in [6, 6.07) is -0.0113. The number of alkyl halides is 6. The van der Waals surface area contributed by atoms with Crippen LogP contribution >= 0.6 is 0 Å². The van der Waals surface area contributed by atoms with Crippen LogP contribution in [0.15, 0.2) is 23.3 Å². The summed E-state index contributed by atoms with van der Waals surface area (Å²) in [5.41, 5.74) is -3.57. The van der Waals surface area contributed by atoms with Gasteiger partial charge >= 0.3 is 12.4 Å². The van der Waals surface area contributed by atoms with Gasteiger partial charge in [-0.2, -0.15) is 31.4 Å². The lowest BCUT2D eigenvalue weighted by Gasteiger charge is -2.44. The maximum atomic E-state index is 13.1. The molecule has 35 heavy (non-hydrogen) atoms. The summed E-state index contributed by atoms with van der Waals surface area (Å²) in [5, 5.41) is 5.66. The maximum absolute atomic E-state index is 13.1. The molecule has 0 aromatic carbocycles. The highest BCUT2D eigenvalue weighted by Gasteiger charge is 2.39. The van der Waals surface area contributed by atoms with E-state index in [0.717, 1.165) is 6.07 Å². The van der Waals surface area contributed by atoms with E-state index in [9.17, 15) is 35.9 Å². The molecule has 4 heterocycles. The van der Waals surface area contributed by atoms with Crippen molar-refractivity contribution < 1.29 is 31.1 Å². The van der Waals surface area contributed by atoms with Crippen LogP contribution in [-0.4, -0.2) is 75.1 Å². The number of nitrogens with zero attached hydrogens (tertiary/aromatic N) is 6. The summed E-state index contributed by atoms with van der Waals surface area (Å²) in [7, 11) is 1.62. The molecule has 0 radical (unpaired) electrons. The highest BCUT2D eigenvalue weighted by atomic mass is 19.4. The number of aromatic nitrogens is 4. The standard InChI is InChI=1S/C20H21F6N7O2/c1-31(18-27-6-11(7-28-18)19(21,22)23)12-8-33(9-12)16(34)10-32-4-2-3-15(32)14-5-13(20(24,25)26)17(35)30-29-14/h5-7,12,15H,2-4,8-10H2,1H3,(H,30,35). The van der Waals surface area contributed by atoms with Gasteiger partial charge in [-0.05, 0) is 25.5 Å². The van der Waals surface area contributed by atoms with Crippen LogP contribution in [0.5, 0.6) is 0 Å². The third-order valence-electron chi connectivity index (χ3n) is 6.22. The van der Waals surface area contributed by atoms with Crippen LogP contribution in [0.2, 0.25) is 0 Å². The van der Waals surface area contributed by atoms with Gasteiger partial charge in [0, 0.05) is 32.5 Å². The van der Waals surface area contributed by atoms with Crippen molar-refractivity contribution in [3.8, 4) is 0 Å². The zero-order chi connectivity index (χ0) is 25.5. The molecule has 4 rings (SSSR count). The van der Waals surface area contributed by atoms with E-state index in [4.69, 9.17) is 0 Å². The first-order chi connectivity index (χ1) is 16.3. The zero-order valence-corrected chi connectivity index (χ0v) is 18.4. The topological polar surface area (TPSA) is 98.3 Å². The van der Waals surface area contributed by atoms with Crippen molar-refractivity contribution in [1.29, 1.82) is 0 Å². The quantitative estimate of drug-likeness (QED) is 0.622. The fourth-order valence-electron chi connectivity index (χ4n) is 4.14. The smallest absolute Gasteiger partial charge is 0.337 e. The number of hydrogen-bond donors (Lipinski definition) is 1. The summed E-state index contributed by atoms with van der Waals surface area (Å²) in [6.07, 6.45) is -6.83. The molecule has 0 bridgehead atoms. The summed E-state index contributed by atoms with van der Waals surface area (Å²) >= 11 is 0. The number of carbonyl (C=O) groups is 1. The number of amides is 1. The first-order valence-corrected chi connectivity index (χ1v) is 10.7. The summed E-state index contributed by atoms with van der Waals surface area (Å²) in [5.74, 6) is -0.144. The molecule has 2 aromatic heterocycles. The second kappa shape index (κ2) is 9.09. The Balaban J connectivity index is 1.35. The molecule has 2 fully saturated rings. The first-order valence-electron chi connectivity index (χ1n) is 10.7. The van der Waals surface area contributed by atoms with Gasteiger partial charge in [0.15, 0.2) is 0 Å². The monoisotopic (exact) mass is 505 g/mol. The molecule has 15 heteroatoms. The lowest BCUT2D eigenvalue weighted by Crippen LogP contribution is -2.62. The molecule has 1 atom stereocenters. The maximum Gasteiger partial charge on any atom is 0.421 e. The van der Waals surface area contributed by atoms with E-state index in [1.54, 1.807) is 21.7 Å². The van der Waals surface area contributed by atoms with E-state index in [2.05, 4.69) is 15.1 Å². The van der Waals surface area contributed by atoms with E-state index < -0.39 is 35.1 Å². The molecule has 2 aliphatic heterocycles. The normalized spacial score (nSPS) is 19.6. The SMILES string of the molecule is CN(c1ncc(C(F)(F)F)cn1)C1CN(C(=O)CN2CCCC2c2cc(C(F)(F)F)c(=O)[nH]n2)C1. The zero-order valence-electron chi connectivity index (χ0n) is 18.4. The Morgan fingerprint density at radius 1 is 1.14 bits per heavy atom. The molecular weight excluding hydrogens is 484 g/mol. The number of nitrogens with one attached hydrogen (secondary N) is 1. The molecule has 0 aliphatic carbocycles. The van der Waals surface area contributed by atoms with Crippen LogP contribution in [0.3, 0.4) is 0 Å². The van der Waals surface area contributed by atoms with Crippen molar-refractivity contribution >= 4 is 11.9 Å². The van der Waals surface area contributed by atoms with Crippen molar-refractivity contribution in [3.63, 3.8) is 0 Å². The van der Waals surface area contributed by atoms with E-state index in [1.807, 2.05) is 5.10 Å². The molecule has 0 saturated carbocycles. The van der Waals surface area contributed by atoms with E-state index in [-0.39, 0.29) is 30.1 Å². The molecule has 9 nitrogen and oxygen atoms in total. The van der Waals surface area contributed by atoms with Crippen LogP contribution in [0.25, 0.3) is 0 Å². The fourth-order valence-corrected chi connectivity index (χ4v) is 4.14. The molecule has 0 spiro atoms. The number of halogens is 6. The number of aromatic amines is 1.